The van der Waals surface area contributed by atoms with Crippen molar-refractivity contribution in [2.75, 3.05) is 5.32 Å². The first-order valence-electron chi connectivity index (χ1n) is 7.65. The molecule has 0 spiro atoms. The lowest BCUT2D eigenvalue weighted by molar-refractivity contribution is -0.387. The van der Waals surface area contributed by atoms with Crippen molar-refractivity contribution < 1.29 is 4.92 Å². The summed E-state index contributed by atoms with van der Waals surface area (Å²) in [6.45, 7) is 2.47. The van der Waals surface area contributed by atoms with E-state index in [1.807, 2.05) is 61.5 Å². The Balaban J connectivity index is 1.84. The number of aryl methyl sites for hydroxylation is 1. The van der Waals surface area contributed by atoms with Crippen LogP contribution < -0.4 is 5.32 Å². The highest BCUT2D eigenvalue weighted by molar-refractivity contribution is 7.99. The molecule has 0 aliphatic rings. The summed E-state index contributed by atoms with van der Waals surface area (Å²) < 4.78 is 0. The van der Waals surface area contributed by atoms with Gasteiger partial charge in [-0.1, -0.05) is 59.8 Å². The van der Waals surface area contributed by atoms with E-state index in [2.05, 4.69) is 15.3 Å². The number of nitrogens with zero attached hydrogens (tertiary/aromatic N) is 3. The van der Waals surface area contributed by atoms with Crippen LogP contribution in [0.5, 0.6) is 0 Å². The van der Waals surface area contributed by atoms with E-state index in [1.54, 1.807) is 0 Å². The molecule has 1 aromatic heterocycles. The van der Waals surface area contributed by atoms with Crippen LogP contribution in [0.3, 0.4) is 0 Å². The molecule has 126 valence electrons. The van der Waals surface area contributed by atoms with Gasteiger partial charge in [-0.05, 0) is 24.6 Å². The third kappa shape index (κ3) is 4.33. The van der Waals surface area contributed by atoms with Gasteiger partial charge in [0, 0.05) is 11.4 Å². The van der Waals surface area contributed by atoms with Gasteiger partial charge in [0.15, 0.2) is 5.03 Å². The van der Waals surface area contributed by atoms with Crippen molar-refractivity contribution in [3.05, 3.63) is 82.2 Å². The normalized spacial score (nSPS) is 10.4. The highest BCUT2D eigenvalue weighted by Gasteiger charge is 2.23. The Labute approximate surface area is 149 Å². The first-order valence-corrected chi connectivity index (χ1v) is 8.47. The van der Waals surface area contributed by atoms with Crippen LogP contribution in [0.25, 0.3) is 0 Å². The van der Waals surface area contributed by atoms with Crippen LogP contribution in [0.2, 0.25) is 0 Å². The molecule has 0 aliphatic carbocycles. The van der Waals surface area contributed by atoms with E-state index < -0.39 is 4.92 Å². The van der Waals surface area contributed by atoms with Crippen LogP contribution in [0.15, 0.2) is 70.8 Å². The van der Waals surface area contributed by atoms with Gasteiger partial charge in [0.05, 0.1) is 4.92 Å². The number of aromatic nitrogens is 2. The second kappa shape index (κ2) is 7.76. The Kier molecular flexibility index (Phi) is 5.25. The van der Waals surface area contributed by atoms with Gasteiger partial charge in [0.1, 0.15) is 6.33 Å². The molecule has 0 unspecified atom stereocenters. The molecule has 6 nitrogen and oxygen atoms in total. The number of nitro groups is 1. The predicted octanol–water partition coefficient (Wildman–Crippen LogP) is 4.46. The minimum atomic E-state index is -0.442. The standard InChI is InChI=1S/C18H16N4O2S/c1-13-7-9-14(10-8-13)11-19-17-16(22(23)24)18(21-12-20-17)25-15-5-3-2-4-6-15/h2-10,12H,11H2,1H3,(H,19,20,21). The Hall–Kier alpha value is -2.93. The zero-order valence-electron chi connectivity index (χ0n) is 13.5. The molecule has 0 aliphatic heterocycles. The smallest absolute Gasteiger partial charge is 0.343 e. The molecule has 1 heterocycles. The van der Waals surface area contributed by atoms with Crippen molar-refractivity contribution in [3.63, 3.8) is 0 Å². The van der Waals surface area contributed by atoms with E-state index in [4.69, 9.17) is 0 Å². The summed E-state index contributed by atoms with van der Waals surface area (Å²) in [4.78, 5) is 20.2. The summed E-state index contributed by atoms with van der Waals surface area (Å²) in [5.74, 6) is 0.221. The minimum Gasteiger partial charge on any atom is -0.360 e. The lowest BCUT2D eigenvalue weighted by Crippen LogP contribution is -2.06. The summed E-state index contributed by atoms with van der Waals surface area (Å²) in [5, 5.41) is 14.9. The number of anilines is 1. The van der Waals surface area contributed by atoms with E-state index >= 15 is 0 Å². The second-order valence-corrected chi connectivity index (χ2v) is 6.45. The summed E-state index contributed by atoms with van der Waals surface area (Å²) in [6, 6.07) is 17.4. The zero-order chi connectivity index (χ0) is 17.6. The molecule has 0 amide bonds. The highest BCUT2D eigenvalue weighted by atomic mass is 32.2. The molecule has 0 saturated heterocycles. The summed E-state index contributed by atoms with van der Waals surface area (Å²) in [6.07, 6.45) is 1.34. The van der Waals surface area contributed by atoms with Crippen molar-refractivity contribution in [2.24, 2.45) is 0 Å². The van der Waals surface area contributed by atoms with E-state index in [9.17, 15) is 10.1 Å². The zero-order valence-corrected chi connectivity index (χ0v) is 14.4. The molecule has 2 aromatic carbocycles. The van der Waals surface area contributed by atoms with E-state index in [0.717, 1.165) is 10.5 Å². The molecule has 1 N–H and O–H groups in total. The van der Waals surface area contributed by atoms with Crippen LogP contribution in [0.1, 0.15) is 11.1 Å². The maximum absolute atomic E-state index is 11.6. The Morgan fingerprint density at radius 1 is 1.08 bits per heavy atom. The maximum Gasteiger partial charge on any atom is 0.343 e. The number of hydrogen-bond donors (Lipinski definition) is 1. The number of benzene rings is 2. The van der Waals surface area contributed by atoms with Gasteiger partial charge < -0.3 is 5.32 Å². The molecule has 0 bridgehead atoms. The number of hydrogen-bond acceptors (Lipinski definition) is 6. The third-order valence-corrected chi connectivity index (χ3v) is 4.51. The predicted molar refractivity (Wildman–Crippen MR) is 97.8 cm³/mol. The fraction of sp³-hybridized carbons (Fsp3) is 0.111. The quantitative estimate of drug-likeness (QED) is 0.401. The molecular weight excluding hydrogens is 336 g/mol. The fourth-order valence-electron chi connectivity index (χ4n) is 2.22. The van der Waals surface area contributed by atoms with Crippen molar-refractivity contribution in [1.82, 2.24) is 9.97 Å². The minimum absolute atomic E-state index is 0.108. The lowest BCUT2D eigenvalue weighted by Gasteiger charge is -2.08. The number of rotatable bonds is 6. The second-order valence-electron chi connectivity index (χ2n) is 5.39. The van der Waals surface area contributed by atoms with Crippen LogP contribution >= 0.6 is 11.8 Å². The summed E-state index contributed by atoms with van der Waals surface area (Å²) in [7, 11) is 0. The van der Waals surface area contributed by atoms with Crippen LogP contribution in [-0.4, -0.2) is 14.9 Å². The first kappa shape index (κ1) is 16.9. The average Bonchev–Trinajstić information content (AvgIpc) is 2.62. The SMILES string of the molecule is Cc1ccc(CNc2ncnc(Sc3ccccc3)c2[N+](=O)[O-])cc1. The monoisotopic (exact) mass is 352 g/mol. The summed E-state index contributed by atoms with van der Waals surface area (Å²) in [5.41, 5.74) is 2.08. The van der Waals surface area contributed by atoms with Crippen molar-refractivity contribution in [1.29, 1.82) is 0 Å². The number of nitrogens with one attached hydrogen (secondary N) is 1. The van der Waals surface area contributed by atoms with Crippen LogP contribution in [0.4, 0.5) is 11.5 Å². The van der Waals surface area contributed by atoms with Crippen molar-refractivity contribution in [3.8, 4) is 0 Å². The van der Waals surface area contributed by atoms with E-state index in [-0.39, 0.29) is 11.5 Å². The third-order valence-electron chi connectivity index (χ3n) is 3.51. The molecule has 0 fully saturated rings. The van der Waals surface area contributed by atoms with Gasteiger partial charge in [-0.3, -0.25) is 10.1 Å². The average molecular weight is 352 g/mol. The van der Waals surface area contributed by atoms with Crippen LogP contribution in [-0.2, 0) is 6.54 Å². The highest BCUT2D eigenvalue weighted by Crippen LogP contribution is 2.36. The Bertz CT molecular complexity index is 870. The molecule has 25 heavy (non-hydrogen) atoms. The Morgan fingerprint density at radius 2 is 1.80 bits per heavy atom. The topological polar surface area (TPSA) is 81.0 Å². The molecule has 0 radical (unpaired) electrons. The van der Waals surface area contributed by atoms with Gasteiger partial charge in [-0.15, -0.1) is 0 Å². The molecule has 3 aromatic rings. The van der Waals surface area contributed by atoms with E-state index in [0.29, 0.717) is 11.6 Å². The van der Waals surface area contributed by atoms with Gasteiger partial charge in [0.2, 0.25) is 5.82 Å². The first-order chi connectivity index (χ1) is 12.1. The van der Waals surface area contributed by atoms with Crippen molar-refractivity contribution in [2.45, 2.75) is 23.4 Å². The summed E-state index contributed by atoms with van der Waals surface area (Å²) >= 11 is 1.25. The fourth-order valence-corrected chi connectivity index (χ4v) is 3.11. The van der Waals surface area contributed by atoms with Gasteiger partial charge >= 0.3 is 5.69 Å². The molecular formula is C18H16N4O2S. The van der Waals surface area contributed by atoms with E-state index in [1.165, 1.54) is 23.7 Å². The van der Waals surface area contributed by atoms with Gasteiger partial charge in [-0.25, -0.2) is 9.97 Å². The van der Waals surface area contributed by atoms with Gasteiger partial charge in [0.25, 0.3) is 0 Å². The molecule has 7 heteroatoms. The van der Waals surface area contributed by atoms with Gasteiger partial charge in [-0.2, -0.15) is 0 Å². The molecule has 0 atom stereocenters. The lowest BCUT2D eigenvalue weighted by atomic mass is 10.1. The largest absolute Gasteiger partial charge is 0.360 e. The van der Waals surface area contributed by atoms with Crippen LogP contribution in [0, 0.1) is 17.0 Å². The molecule has 3 rings (SSSR count). The molecule has 0 saturated carbocycles. The maximum atomic E-state index is 11.6. The Morgan fingerprint density at radius 3 is 2.48 bits per heavy atom. The van der Waals surface area contributed by atoms with Crippen molar-refractivity contribution >= 4 is 23.3 Å².